The molecule has 2 heterocycles. The Labute approximate surface area is 124 Å². The maximum absolute atomic E-state index is 6.13. The van der Waals surface area contributed by atoms with Crippen molar-refractivity contribution in [3.63, 3.8) is 0 Å². The molecule has 0 bridgehead atoms. The normalized spacial score (nSPS) is 22.8. The fourth-order valence-electron chi connectivity index (χ4n) is 2.92. The van der Waals surface area contributed by atoms with E-state index < -0.39 is 0 Å². The van der Waals surface area contributed by atoms with E-state index in [1.54, 1.807) is 7.11 Å². The second-order valence-corrected chi connectivity index (χ2v) is 5.75. The van der Waals surface area contributed by atoms with Crippen LogP contribution in [0, 0.1) is 0 Å². The molecule has 20 heavy (non-hydrogen) atoms. The predicted octanol–water partition coefficient (Wildman–Crippen LogP) is 3.15. The van der Waals surface area contributed by atoms with Gasteiger partial charge in [-0.05, 0) is 31.0 Å². The van der Waals surface area contributed by atoms with Crippen molar-refractivity contribution in [3.05, 3.63) is 29.0 Å². The molecule has 0 radical (unpaired) electrons. The fraction of sp³-hybridized carbons (Fsp3) is 0.533. The molecule has 0 saturated carbocycles. The first-order valence-corrected chi connectivity index (χ1v) is 7.52. The van der Waals surface area contributed by atoms with Crippen LogP contribution in [-0.4, -0.2) is 29.3 Å². The Hall–Kier alpha value is -1.10. The van der Waals surface area contributed by atoms with Gasteiger partial charge in [-0.15, -0.1) is 0 Å². The number of methoxy groups -OCH3 is 1. The second-order valence-electron chi connectivity index (χ2n) is 5.31. The van der Waals surface area contributed by atoms with E-state index in [1.165, 1.54) is 0 Å². The van der Waals surface area contributed by atoms with Crippen molar-refractivity contribution in [2.75, 3.05) is 13.7 Å². The van der Waals surface area contributed by atoms with Crippen molar-refractivity contribution < 1.29 is 4.74 Å². The molecule has 1 aromatic carbocycles. The van der Waals surface area contributed by atoms with E-state index in [1.807, 2.05) is 18.2 Å². The first kappa shape index (κ1) is 13.9. The van der Waals surface area contributed by atoms with E-state index in [2.05, 4.69) is 16.8 Å². The molecule has 1 fully saturated rings. The number of ether oxygens (including phenoxy) is 1. The molecule has 5 heteroatoms. The highest BCUT2D eigenvalue weighted by atomic mass is 35.5. The van der Waals surface area contributed by atoms with Crippen LogP contribution in [0.5, 0.6) is 0 Å². The van der Waals surface area contributed by atoms with Gasteiger partial charge < -0.3 is 14.6 Å². The van der Waals surface area contributed by atoms with Crippen LogP contribution in [-0.2, 0) is 11.3 Å². The van der Waals surface area contributed by atoms with Gasteiger partial charge in [-0.3, -0.25) is 0 Å². The fourth-order valence-corrected chi connectivity index (χ4v) is 3.08. The Balaban J connectivity index is 2.03. The summed E-state index contributed by atoms with van der Waals surface area (Å²) < 4.78 is 7.72. The molecular weight excluding hydrogens is 274 g/mol. The molecule has 1 saturated heterocycles. The zero-order valence-corrected chi connectivity index (χ0v) is 12.7. The van der Waals surface area contributed by atoms with Gasteiger partial charge in [-0.2, -0.15) is 0 Å². The molecular formula is C15H20ClN3O. The smallest absolute Gasteiger partial charge is 0.127 e. The number of hydrogen-bond donors (Lipinski definition) is 1. The highest BCUT2D eigenvalue weighted by molar-refractivity contribution is 6.31. The van der Waals surface area contributed by atoms with Gasteiger partial charge in [0, 0.05) is 25.2 Å². The Morgan fingerprint density at radius 3 is 3.05 bits per heavy atom. The van der Waals surface area contributed by atoms with Gasteiger partial charge >= 0.3 is 0 Å². The number of rotatable bonds is 4. The number of nitrogens with one attached hydrogen (secondary N) is 1. The van der Waals surface area contributed by atoms with Crippen LogP contribution in [0.3, 0.4) is 0 Å². The summed E-state index contributed by atoms with van der Waals surface area (Å²) in [5.74, 6) is 1.10. The number of fused-ring (bicyclic) bond motifs is 1. The topological polar surface area (TPSA) is 39.1 Å². The van der Waals surface area contributed by atoms with E-state index in [-0.39, 0.29) is 12.1 Å². The van der Waals surface area contributed by atoms with Crippen LogP contribution in [0.15, 0.2) is 18.2 Å². The summed E-state index contributed by atoms with van der Waals surface area (Å²) in [7, 11) is 1.77. The van der Waals surface area contributed by atoms with Gasteiger partial charge in [0.1, 0.15) is 5.82 Å². The highest BCUT2D eigenvalue weighted by Gasteiger charge is 2.29. The zero-order valence-electron chi connectivity index (χ0n) is 11.9. The number of hydrogen-bond acceptors (Lipinski definition) is 3. The van der Waals surface area contributed by atoms with Gasteiger partial charge in [0.25, 0.3) is 0 Å². The minimum Gasteiger partial charge on any atom is -0.380 e. The van der Waals surface area contributed by atoms with Crippen molar-refractivity contribution >= 4 is 22.6 Å². The third kappa shape index (κ3) is 2.43. The second kappa shape index (κ2) is 5.72. The Bertz CT molecular complexity index is 610. The number of nitrogens with zero attached hydrogens (tertiary/aromatic N) is 2. The van der Waals surface area contributed by atoms with Crippen molar-refractivity contribution in [3.8, 4) is 0 Å². The molecule has 1 aliphatic heterocycles. The molecule has 1 N–H and O–H groups in total. The van der Waals surface area contributed by atoms with Crippen LogP contribution in [0.25, 0.3) is 11.0 Å². The van der Waals surface area contributed by atoms with Gasteiger partial charge in [0.05, 0.1) is 23.2 Å². The summed E-state index contributed by atoms with van der Waals surface area (Å²) >= 11 is 6.13. The third-order valence-electron chi connectivity index (χ3n) is 3.92. The average molecular weight is 294 g/mol. The van der Waals surface area contributed by atoms with Gasteiger partial charge in [0.2, 0.25) is 0 Å². The number of halogens is 1. The van der Waals surface area contributed by atoms with Crippen molar-refractivity contribution in [1.29, 1.82) is 0 Å². The third-order valence-corrected chi connectivity index (χ3v) is 4.16. The monoisotopic (exact) mass is 293 g/mol. The average Bonchev–Trinajstić information content (AvgIpc) is 3.04. The number of aryl methyl sites for hydroxylation is 1. The zero-order chi connectivity index (χ0) is 14.1. The summed E-state index contributed by atoms with van der Waals surface area (Å²) in [6.45, 7) is 4.03. The molecule has 0 amide bonds. The lowest BCUT2D eigenvalue weighted by molar-refractivity contribution is 0.117. The van der Waals surface area contributed by atoms with Crippen molar-refractivity contribution in [1.82, 2.24) is 14.9 Å². The maximum atomic E-state index is 6.13. The molecule has 2 atom stereocenters. The molecule has 2 aromatic rings. The number of imidazole rings is 1. The molecule has 1 aliphatic rings. The summed E-state index contributed by atoms with van der Waals surface area (Å²) in [5.41, 5.74) is 2.14. The van der Waals surface area contributed by atoms with Crippen LogP contribution in [0.2, 0.25) is 5.02 Å². The van der Waals surface area contributed by atoms with Gasteiger partial charge in [-0.1, -0.05) is 18.5 Å². The lowest BCUT2D eigenvalue weighted by Crippen LogP contribution is -2.19. The lowest BCUT2D eigenvalue weighted by atomic mass is 10.2. The predicted molar refractivity (Wildman–Crippen MR) is 81.2 cm³/mol. The lowest BCUT2D eigenvalue weighted by Gasteiger charge is -2.13. The summed E-state index contributed by atoms with van der Waals surface area (Å²) in [5, 5.41) is 4.27. The number of benzene rings is 1. The quantitative estimate of drug-likeness (QED) is 0.941. The van der Waals surface area contributed by atoms with Crippen LogP contribution in [0.4, 0.5) is 0 Å². The molecule has 108 valence electrons. The summed E-state index contributed by atoms with van der Waals surface area (Å²) in [6, 6.07) is 6.16. The van der Waals surface area contributed by atoms with Gasteiger partial charge in [-0.25, -0.2) is 4.98 Å². The molecule has 0 aliphatic carbocycles. The maximum Gasteiger partial charge on any atom is 0.127 e. The van der Waals surface area contributed by atoms with E-state index in [4.69, 9.17) is 21.3 Å². The molecule has 1 aromatic heterocycles. The highest BCUT2D eigenvalue weighted by Crippen LogP contribution is 2.29. The molecule has 0 spiro atoms. The van der Waals surface area contributed by atoms with E-state index in [0.717, 1.165) is 47.8 Å². The molecule has 4 nitrogen and oxygen atoms in total. The van der Waals surface area contributed by atoms with Crippen LogP contribution in [0.1, 0.15) is 31.6 Å². The number of aromatic nitrogens is 2. The van der Waals surface area contributed by atoms with Crippen molar-refractivity contribution in [2.24, 2.45) is 0 Å². The Morgan fingerprint density at radius 2 is 2.35 bits per heavy atom. The largest absolute Gasteiger partial charge is 0.380 e. The molecule has 3 rings (SSSR count). The first-order chi connectivity index (χ1) is 9.72. The first-order valence-electron chi connectivity index (χ1n) is 7.14. The van der Waals surface area contributed by atoms with Crippen LogP contribution >= 0.6 is 11.6 Å². The Kier molecular flexibility index (Phi) is 3.96. The van der Waals surface area contributed by atoms with E-state index in [9.17, 15) is 0 Å². The van der Waals surface area contributed by atoms with E-state index >= 15 is 0 Å². The van der Waals surface area contributed by atoms with Gasteiger partial charge in [0.15, 0.2) is 0 Å². The summed E-state index contributed by atoms with van der Waals surface area (Å²) in [6.07, 6.45) is 2.32. The SMILES string of the molecule is CCCn1c(C2CC(OC)CN2)nc2ccc(Cl)cc21. The minimum absolute atomic E-state index is 0.262. The molecule has 2 unspecified atom stereocenters. The standard InChI is InChI=1S/C15H20ClN3O/c1-3-6-19-14-7-10(16)4-5-12(14)18-15(19)13-8-11(20-2)9-17-13/h4-5,7,11,13,17H,3,6,8-9H2,1-2H3. The van der Waals surface area contributed by atoms with E-state index in [0.29, 0.717) is 0 Å². The van der Waals surface area contributed by atoms with Crippen molar-refractivity contribution in [2.45, 2.75) is 38.5 Å². The Morgan fingerprint density at radius 1 is 1.50 bits per heavy atom. The van der Waals surface area contributed by atoms with Crippen LogP contribution < -0.4 is 5.32 Å². The minimum atomic E-state index is 0.262. The summed E-state index contributed by atoms with van der Waals surface area (Å²) in [4.78, 5) is 4.81.